The van der Waals surface area contributed by atoms with Crippen LogP contribution in [0.15, 0.2) is 59.7 Å². The number of aromatic nitrogens is 1. The van der Waals surface area contributed by atoms with E-state index in [9.17, 15) is 4.79 Å². The Labute approximate surface area is 145 Å². The van der Waals surface area contributed by atoms with Gasteiger partial charge in [0, 0.05) is 11.1 Å². The number of aliphatic imine (C=N–C) groups is 1. The summed E-state index contributed by atoms with van der Waals surface area (Å²) in [7, 11) is 1.60. The molecule has 2 aromatic carbocycles. The molecule has 0 bridgehead atoms. The van der Waals surface area contributed by atoms with Gasteiger partial charge in [0.05, 0.1) is 19.0 Å². The van der Waals surface area contributed by atoms with E-state index in [0.717, 1.165) is 22.0 Å². The molecule has 0 radical (unpaired) electrons. The molecule has 0 aliphatic carbocycles. The predicted molar refractivity (Wildman–Crippen MR) is 98.7 cm³/mol. The van der Waals surface area contributed by atoms with Gasteiger partial charge in [-0.2, -0.15) is 0 Å². The molecule has 0 spiro atoms. The Balaban J connectivity index is 2.05. The summed E-state index contributed by atoms with van der Waals surface area (Å²) in [6, 6.07) is 15.2. The molecule has 25 heavy (non-hydrogen) atoms. The van der Waals surface area contributed by atoms with Crippen LogP contribution in [0.2, 0.25) is 0 Å². The second kappa shape index (κ2) is 7.00. The molecule has 0 atom stereocenters. The van der Waals surface area contributed by atoms with E-state index in [4.69, 9.17) is 16.2 Å². The smallest absolute Gasteiger partial charge is 0.186 e. The minimum atomic E-state index is -0.146. The Morgan fingerprint density at radius 2 is 2.00 bits per heavy atom. The van der Waals surface area contributed by atoms with Gasteiger partial charge in [0.2, 0.25) is 0 Å². The molecule has 0 saturated heterocycles. The summed E-state index contributed by atoms with van der Waals surface area (Å²) in [6.07, 6.45) is 1.67. The zero-order valence-corrected chi connectivity index (χ0v) is 13.8. The molecule has 3 rings (SSSR count). The van der Waals surface area contributed by atoms with Crippen molar-refractivity contribution in [3.63, 3.8) is 0 Å². The number of nitrogens with two attached hydrogens (primary N) is 2. The molecular weight excluding hydrogens is 316 g/mol. The Kier molecular flexibility index (Phi) is 4.61. The number of rotatable bonds is 5. The lowest BCUT2D eigenvalue weighted by atomic mass is 9.98. The van der Waals surface area contributed by atoms with Crippen LogP contribution in [0, 0.1) is 0 Å². The van der Waals surface area contributed by atoms with Gasteiger partial charge >= 0.3 is 0 Å². The van der Waals surface area contributed by atoms with Crippen LogP contribution in [0.3, 0.4) is 0 Å². The van der Waals surface area contributed by atoms with Crippen LogP contribution in [0.25, 0.3) is 22.0 Å². The first-order valence-corrected chi connectivity index (χ1v) is 7.70. The second-order valence-corrected chi connectivity index (χ2v) is 5.49. The van der Waals surface area contributed by atoms with Crippen LogP contribution >= 0.6 is 0 Å². The summed E-state index contributed by atoms with van der Waals surface area (Å²) >= 11 is 0. The number of carbonyl (C=O) groups is 1. The van der Waals surface area contributed by atoms with Crippen molar-refractivity contribution in [1.82, 2.24) is 4.98 Å². The third-order valence-electron chi connectivity index (χ3n) is 3.86. The molecule has 3 aromatic rings. The molecule has 4 N–H and O–H groups in total. The van der Waals surface area contributed by atoms with E-state index in [0.29, 0.717) is 11.3 Å². The van der Waals surface area contributed by atoms with Crippen molar-refractivity contribution in [3.8, 4) is 17.0 Å². The van der Waals surface area contributed by atoms with Crippen molar-refractivity contribution >= 4 is 22.5 Å². The summed E-state index contributed by atoms with van der Waals surface area (Å²) in [6.45, 7) is -0.0726. The zero-order chi connectivity index (χ0) is 17.8. The standard InChI is InChI=1S/C19H18N4O2/c1-25-14-7-8-17(22-10-14)15-4-2-3-12-5-6-13(9-16(12)15)18(24)11-23-19(20)21/h2-10H,11H2,1H3,(H4,20,21,23). The maximum atomic E-state index is 12.3. The molecule has 126 valence electrons. The van der Waals surface area contributed by atoms with Crippen LogP contribution < -0.4 is 16.2 Å². The van der Waals surface area contributed by atoms with E-state index in [1.165, 1.54) is 0 Å². The quantitative estimate of drug-likeness (QED) is 0.423. The van der Waals surface area contributed by atoms with Crippen LogP contribution in [0.4, 0.5) is 0 Å². The fraction of sp³-hybridized carbons (Fsp3) is 0.105. The SMILES string of the molecule is COc1ccc(-c2cccc3ccc(C(=O)CN=C(N)N)cc23)nc1. The van der Waals surface area contributed by atoms with Crippen molar-refractivity contribution in [1.29, 1.82) is 0 Å². The molecule has 0 aliphatic rings. The lowest BCUT2D eigenvalue weighted by Crippen LogP contribution is -2.24. The maximum absolute atomic E-state index is 12.3. The lowest BCUT2D eigenvalue weighted by Gasteiger charge is -2.08. The number of hydrogen-bond donors (Lipinski definition) is 2. The number of nitrogens with zero attached hydrogens (tertiary/aromatic N) is 2. The number of pyridine rings is 1. The summed E-state index contributed by atoms with van der Waals surface area (Å²) in [4.78, 5) is 20.5. The third kappa shape index (κ3) is 3.58. The van der Waals surface area contributed by atoms with E-state index >= 15 is 0 Å². The van der Waals surface area contributed by atoms with Crippen LogP contribution in [-0.4, -0.2) is 30.4 Å². The normalized spacial score (nSPS) is 10.4. The molecular formula is C19H18N4O2. The number of carbonyl (C=O) groups excluding carboxylic acids is 1. The fourth-order valence-electron chi connectivity index (χ4n) is 2.58. The average molecular weight is 334 g/mol. The molecule has 6 nitrogen and oxygen atoms in total. The van der Waals surface area contributed by atoms with Gasteiger partial charge < -0.3 is 16.2 Å². The summed E-state index contributed by atoms with van der Waals surface area (Å²) in [5.74, 6) is 0.446. The number of hydrogen-bond acceptors (Lipinski definition) is 4. The number of fused-ring (bicyclic) bond motifs is 1. The Bertz CT molecular complexity index is 945. The first-order valence-electron chi connectivity index (χ1n) is 7.70. The Morgan fingerprint density at radius 1 is 1.16 bits per heavy atom. The van der Waals surface area contributed by atoms with Crippen LogP contribution in [0.1, 0.15) is 10.4 Å². The highest BCUT2D eigenvalue weighted by atomic mass is 16.5. The number of benzene rings is 2. The van der Waals surface area contributed by atoms with Crippen LogP contribution in [0.5, 0.6) is 5.75 Å². The number of guanidine groups is 1. The van der Waals surface area contributed by atoms with Crippen molar-refractivity contribution in [2.45, 2.75) is 0 Å². The molecule has 0 saturated carbocycles. The molecule has 0 unspecified atom stereocenters. The summed E-state index contributed by atoms with van der Waals surface area (Å²) < 4.78 is 5.15. The third-order valence-corrected chi connectivity index (χ3v) is 3.86. The zero-order valence-electron chi connectivity index (χ0n) is 13.8. The molecule has 1 heterocycles. The van der Waals surface area contributed by atoms with E-state index in [2.05, 4.69) is 9.98 Å². The summed E-state index contributed by atoms with van der Waals surface area (Å²) in [5.41, 5.74) is 12.9. The highest BCUT2D eigenvalue weighted by molar-refractivity contribution is 6.04. The number of ketones is 1. The van der Waals surface area contributed by atoms with Crippen molar-refractivity contribution in [2.75, 3.05) is 13.7 Å². The van der Waals surface area contributed by atoms with E-state index < -0.39 is 0 Å². The second-order valence-electron chi connectivity index (χ2n) is 5.49. The first kappa shape index (κ1) is 16.4. The van der Waals surface area contributed by atoms with Gasteiger partial charge in [0.25, 0.3) is 0 Å². The van der Waals surface area contributed by atoms with Gasteiger partial charge in [-0.25, -0.2) is 4.99 Å². The monoisotopic (exact) mass is 334 g/mol. The van der Waals surface area contributed by atoms with Crippen LogP contribution in [-0.2, 0) is 0 Å². The van der Waals surface area contributed by atoms with Gasteiger partial charge in [-0.15, -0.1) is 0 Å². The first-order chi connectivity index (χ1) is 12.1. The topological polar surface area (TPSA) is 104 Å². The highest BCUT2D eigenvalue weighted by Gasteiger charge is 2.10. The molecule has 6 heteroatoms. The van der Waals surface area contributed by atoms with E-state index in [1.807, 2.05) is 42.5 Å². The Hall–Kier alpha value is -3.41. The Morgan fingerprint density at radius 3 is 2.68 bits per heavy atom. The molecule has 0 fully saturated rings. The minimum absolute atomic E-state index is 0.0726. The van der Waals surface area contributed by atoms with Gasteiger partial charge in [-0.05, 0) is 29.0 Å². The number of Topliss-reactive ketones (excluding diaryl/α,β-unsaturated/α-hetero) is 1. The van der Waals surface area contributed by atoms with Gasteiger partial charge in [-0.1, -0.05) is 30.3 Å². The summed E-state index contributed by atoms with van der Waals surface area (Å²) in [5, 5.41) is 1.96. The van der Waals surface area contributed by atoms with Gasteiger partial charge in [0.1, 0.15) is 12.3 Å². The molecule has 0 aliphatic heterocycles. The average Bonchev–Trinajstić information content (AvgIpc) is 2.65. The van der Waals surface area contributed by atoms with Gasteiger partial charge in [0.15, 0.2) is 11.7 Å². The molecule has 1 aromatic heterocycles. The predicted octanol–water partition coefficient (Wildman–Crippen LogP) is 2.37. The number of ether oxygens (including phenoxy) is 1. The van der Waals surface area contributed by atoms with Gasteiger partial charge in [-0.3, -0.25) is 9.78 Å². The lowest BCUT2D eigenvalue weighted by molar-refractivity contribution is 0.100. The van der Waals surface area contributed by atoms with Crippen molar-refractivity contribution < 1.29 is 9.53 Å². The fourth-order valence-corrected chi connectivity index (χ4v) is 2.58. The molecule has 0 amide bonds. The van der Waals surface area contributed by atoms with Crippen molar-refractivity contribution in [3.05, 3.63) is 60.3 Å². The minimum Gasteiger partial charge on any atom is -0.495 e. The van der Waals surface area contributed by atoms with Crippen molar-refractivity contribution in [2.24, 2.45) is 16.5 Å². The van der Waals surface area contributed by atoms with E-state index in [-0.39, 0.29) is 18.3 Å². The largest absolute Gasteiger partial charge is 0.495 e. The van der Waals surface area contributed by atoms with E-state index in [1.54, 1.807) is 19.4 Å². The highest BCUT2D eigenvalue weighted by Crippen LogP contribution is 2.29. The number of methoxy groups -OCH3 is 1. The maximum Gasteiger partial charge on any atom is 0.186 e.